The maximum atomic E-state index is 5.40. The van der Waals surface area contributed by atoms with Crippen molar-refractivity contribution in [1.82, 2.24) is 0 Å². The minimum Gasteiger partial charge on any atom is -0.373 e. The molecule has 4 aliphatic rings. The standard InChI is InChI=1S/C13H18NO3/c1-2-14(5-13-9-17-13,11-6-15-7-11)4-10(1)3-12-8-16-12/h1-2,4,11-13H,3,5-9H2/q+1. The quantitative estimate of drug-likeness (QED) is 0.523. The van der Waals surface area contributed by atoms with Crippen molar-refractivity contribution in [3.05, 3.63) is 24.0 Å². The van der Waals surface area contributed by atoms with Crippen molar-refractivity contribution in [1.29, 1.82) is 0 Å². The third kappa shape index (κ3) is 1.95. The molecule has 0 aromatic rings. The summed E-state index contributed by atoms with van der Waals surface area (Å²) in [6, 6.07) is 0.591. The van der Waals surface area contributed by atoms with E-state index in [4.69, 9.17) is 14.2 Å². The van der Waals surface area contributed by atoms with Crippen molar-refractivity contribution >= 4 is 0 Å². The smallest absolute Gasteiger partial charge is 0.145 e. The summed E-state index contributed by atoms with van der Waals surface area (Å²) in [6.45, 7) is 4.68. The summed E-state index contributed by atoms with van der Waals surface area (Å²) in [5, 5.41) is 0. The van der Waals surface area contributed by atoms with Gasteiger partial charge in [0.25, 0.3) is 0 Å². The maximum absolute atomic E-state index is 5.40. The van der Waals surface area contributed by atoms with E-state index in [0.717, 1.165) is 43.9 Å². The Hall–Kier alpha value is -0.680. The van der Waals surface area contributed by atoms with Gasteiger partial charge in [-0.25, -0.2) is 0 Å². The Kier molecular flexibility index (Phi) is 2.21. The zero-order valence-electron chi connectivity index (χ0n) is 9.88. The lowest BCUT2D eigenvalue weighted by molar-refractivity contribution is -0.864. The molecule has 0 saturated carbocycles. The zero-order valence-corrected chi connectivity index (χ0v) is 9.88. The minimum absolute atomic E-state index is 0.452. The number of rotatable bonds is 5. The molecule has 4 heterocycles. The van der Waals surface area contributed by atoms with Gasteiger partial charge in [0.2, 0.25) is 0 Å². The first-order valence-electron chi connectivity index (χ1n) is 6.43. The summed E-state index contributed by atoms with van der Waals surface area (Å²) in [5.41, 5.74) is 1.42. The number of allylic oxidation sites excluding steroid dienone is 1. The number of nitrogens with zero attached hydrogens (tertiary/aromatic N) is 1. The van der Waals surface area contributed by atoms with Crippen molar-refractivity contribution in [2.45, 2.75) is 24.7 Å². The molecule has 4 aliphatic heterocycles. The molecule has 3 unspecified atom stereocenters. The Bertz CT molecular complexity index is 380. The second kappa shape index (κ2) is 3.65. The van der Waals surface area contributed by atoms with E-state index < -0.39 is 0 Å². The van der Waals surface area contributed by atoms with E-state index in [0.29, 0.717) is 18.2 Å². The number of ether oxygens (including phenoxy) is 3. The topological polar surface area (TPSA) is 34.3 Å². The van der Waals surface area contributed by atoms with Gasteiger partial charge in [-0.05, 0) is 0 Å². The summed E-state index contributed by atoms with van der Waals surface area (Å²) < 4.78 is 17.0. The molecule has 3 atom stereocenters. The van der Waals surface area contributed by atoms with Crippen LogP contribution in [0.3, 0.4) is 0 Å². The normalized spacial score (nSPS) is 43.4. The lowest BCUT2D eigenvalue weighted by atomic mass is 10.1. The summed E-state index contributed by atoms with van der Waals surface area (Å²) in [4.78, 5) is 0. The molecule has 0 amide bonds. The van der Waals surface area contributed by atoms with Gasteiger partial charge < -0.3 is 14.2 Å². The monoisotopic (exact) mass is 236 g/mol. The van der Waals surface area contributed by atoms with Crippen molar-refractivity contribution < 1.29 is 18.7 Å². The number of hydrogen-bond donors (Lipinski definition) is 0. The average molecular weight is 236 g/mol. The largest absolute Gasteiger partial charge is 0.373 e. The third-order valence-electron chi connectivity index (χ3n) is 4.06. The summed E-state index contributed by atoms with van der Waals surface area (Å²) in [7, 11) is 0. The minimum atomic E-state index is 0.452. The van der Waals surface area contributed by atoms with E-state index in [1.54, 1.807) is 0 Å². The van der Waals surface area contributed by atoms with Gasteiger partial charge in [-0.1, -0.05) is 0 Å². The van der Waals surface area contributed by atoms with E-state index in [2.05, 4.69) is 18.5 Å². The Balaban J connectivity index is 1.53. The van der Waals surface area contributed by atoms with Crippen LogP contribution >= 0.6 is 0 Å². The molecular formula is C13H18NO3+. The van der Waals surface area contributed by atoms with Crippen LogP contribution in [0.25, 0.3) is 0 Å². The predicted octanol–water partition coefficient (Wildman–Crippen LogP) is 0.801. The van der Waals surface area contributed by atoms with E-state index in [1.807, 2.05) is 0 Å². The Morgan fingerprint density at radius 1 is 1.12 bits per heavy atom. The van der Waals surface area contributed by atoms with Crippen LogP contribution in [-0.2, 0) is 14.2 Å². The van der Waals surface area contributed by atoms with E-state index >= 15 is 0 Å². The van der Waals surface area contributed by atoms with Crippen molar-refractivity contribution in [3.63, 3.8) is 0 Å². The van der Waals surface area contributed by atoms with Gasteiger partial charge in [0.1, 0.15) is 44.3 Å². The Labute approximate surface area is 101 Å². The molecule has 0 spiro atoms. The highest BCUT2D eigenvalue weighted by atomic mass is 16.6. The fraction of sp³-hybridized carbons (Fsp3) is 0.692. The fourth-order valence-corrected chi connectivity index (χ4v) is 2.72. The van der Waals surface area contributed by atoms with E-state index in [-0.39, 0.29) is 0 Å². The van der Waals surface area contributed by atoms with Crippen LogP contribution in [-0.4, -0.2) is 55.7 Å². The summed E-state index contributed by atoms with van der Waals surface area (Å²) >= 11 is 0. The Morgan fingerprint density at radius 2 is 1.88 bits per heavy atom. The fourth-order valence-electron chi connectivity index (χ4n) is 2.72. The first-order chi connectivity index (χ1) is 8.34. The molecule has 4 rings (SSSR count). The first kappa shape index (κ1) is 10.3. The molecule has 17 heavy (non-hydrogen) atoms. The highest BCUT2D eigenvalue weighted by Crippen LogP contribution is 2.34. The summed E-state index contributed by atoms with van der Waals surface area (Å²) in [5.74, 6) is 0. The van der Waals surface area contributed by atoms with Gasteiger partial charge >= 0.3 is 0 Å². The van der Waals surface area contributed by atoms with Crippen molar-refractivity contribution in [2.24, 2.45) is 0 Å². The molecule has 0 bridgehead atoms. The van der Waals surface area contributed by atoms with Crippen LogP contribution in [0.1, 0.15) is 6.42 Å². The molecular weight excluding hydrogens is 218 g/mol. The Morgan fingerprint density at radius 3 is 2.47 bits per heavy atom. The second-order valence-corrected chi connectivity index (χ2v) is 5.50. The molecule has 4 heteroatoms. The average Bonchev–Trinajstić information content (AvgIpc) is 3.08. The molecule has 0 N–H and O–H groups in total. The highest BCUT2D eigenvalue weighted by molar-refractivity contribution is 5.22. The van der Waals surface area contributed by atoms with Crippen molar-refractivity contribution in [2.75, 3.05) is 33.0 Å². The maximum Gasteiger partial charge on any atom is 0.145 e. The molecule has 92 valence electrons. The molecule has 3 fully saturated rings. The van der Waals surface area contributed by atoms with Crippen LogP contribution in [0.2, 0.25) is 0 Å². The van der Waals surface area contributed by atoms with Crippen molar-refractivity contribution in [3.8, 4) is 0 Å². The van der Waals surface area contributed by atoms with Crippen LogP contribution in [0.4, 0.5) is 0 Å². The van der Waals surface area contributed by atoms with E-state index in [9.17, 15) is 0 Å². The third-order valence-corrected chi connectivity index (χ3v) is 4.06. The van der Waals surface area contributed by atoms with Crippen LogP contribution in [0, 0.1) is 0 Å². The van der Waals surface area contributed by atoms with Crippen LogP contribution < -0.4 is 0 Å². The number of hydrogen-bond acceptors (Lipinski definition) is 3. The van der Waals surface area contributed by atoms with E-state index in [1.165, 1.54) is 5.57 Å². The molecule has 0 radical (unpaired) electrons. The molecule has 4 nitrogen and oxygen atoms in total. The van der Waals surface area contributed by atoms with Gasteiger partial charge in [0, 0.05) is 18.1 Å². The van der Waals surface area contributed by atoms with Gasteiger partial charge in [0.05, 0.1) is 19.3 Å². The highest BCUT2D eigenvalue weighted by Gasteiger charge is 2.46. The lowest BCUT2D eigenvalue weighted by Crippen LogP contribution is -2.57. The summed E-state index contributed by atoms with van der Waals surface area (Å²) in [6.07, 6.45) is 8.98. The lowest BCUT2D eigenvalue weighted by Gasteiger charge is -2.41. The molecule has 0 aromatic heterocycles. The van der Waals surface area contributed by atoms with Gasteiger partial charge in [-0.3, -0.25) is 4.48 Å². The first-order valence-corrected chi connectivity index (χ1v) is 6.43. The predicted molar refractivity (Wildman–Crippen MR) is 61.1 cm³/mol. The number of quaternary nitrogens is 1. The van der Waals surface area contributed by atoms with Crippen LogP contribution in [0.5, 0.6) is 0 Å². The molecule has 0 aliphatic carbocycles. The van der Waals surface area contributed by atoms with Gasteiger partial charge in [-0.2, -0.15) is 0 Å². The second-order valence-electron chi connectivity index (χ2n) is 5.50. The molecule has 3 saturated heterocycles. The SMILES string of the molecule is C1=C[N+](CC2CO2)(C2COC2)C=C1CC1CO1. The van der Waals surface area contributed by atoms with Crippen LogP contribution in [0.15, 0.2) is 24.0 Å². The van der Waals surface area contributed by atoms with Gasteiger partial charge in [-0.15, -0.1) is 0 Å². The van der Waals surface area contributed by atoms with Gasteiger partial charge in [0.15, 0.2) is 0 Å². The zero-order chi connectivity index (χ0) is 11.3. The molecule has 0 aromatic carbocycles. The number of epoxide rings is 2.